The number of hydrogen-bond donors (Lipinski definition) is 0. The second kappa shape index (κ2) is 7.97. The first-order valence-electron chi connectivity index (χ1n) is 5.65. The Labute approximate surface area is 118 Å². The maximum Gasteiger partial charge on any atom is 0.220 e. The summed E-state index contributed by atoms with van der Waals surface area (Å²) in [4.78, 5) is 0. The van der Waals surface area contributed by atoms with Crippen molar-refractivity contribution in [3.05, 3.63) is 0 Å². The van der Waals surface area contributed by atoms with Crippen molar-refractivity contribution in [3.8, 4) is 12.3 Å². The van der Waals surface area contributed by atoms with Crippen molar-refractivity contribution in [1.29, 1.82) is 0 Å². The van der Waals surface area contributed by atoms with Crippen LogP contribution in [0.2, 0.25) is 0 Å². The molecule has 4 nitrogen and oxygen atoms in total. The van der Waals surface area contributed by atoms with Crippen molar-refractivity contribution < 1.29 is 18.9 Å². The van der Waals surface area contributed by atoms with Crippen molar-refractivity contribution in [2.75, 3.05) is 20.0 Å². The third-order valence-corrected chi connectivity index (χ3v) is 3.69. The largest absolute Gasteiger partial charge is 0.467 e. The molecule has 0 saturated carbocycles. The zero-order valence-corrected chi connectivity index (χ0v) is 12.4. The highest BCUT2D eigenvalue weighted by Gasteiger charge is 2.47. The van der Waals surface area contributed by atoms with Crippen LogP contribution in [0.4, 0.5) is 0 Å². The summed E-state index contributed by atoms with van der Waals surface area (Å²) in [5, 5.41) is 0. The minimum absolute atomic E-state index is 0.0991. The first-order valence-corrected chi connectivity index (χ1v) is 7.29. The molecule has 0 amide bonds. The Morgan fingerprint density at radius 3 is 2.72 bits per heavy atom. The van der Waals surface area contributed by atoms with Gasteiger partial charge in [0.25, 0.3) is 0 Å². The lowest BCUT2D eigenvalue weighted by molar-refractivity contribution is -0.144. The van der Waals surface area contributed by atoms with Crippen molar-refractivity contribution in [1.82, 2.24) is 0 Å². The normalized spacial score (nSPS) is 31.0. The molecular weight excluding hydrogens is 272 g/mol. The van der Waals surface area contributed by atoms with Gasteiger partial charge in [0.05, 0.1) is 6.10 Å². The topological polar surface area (TPSA) is 36.9 Å². The Morgan fingerprint density at radius 1 is 1.50 bits per heavy atom. The van der Waals surface area contributed by atoms with E-state index in [9.17, 15) is 0 Å². The molecule has 4 atom stereocenters. The van der Waals surface area contributed by atoms with Crippen LogP contribution >= 0.6 is 24.0 Å². The summed E-state index contributed by atoms with van der Waals surface area (Å²) in [5.41, 5.74) is 0. The fraction of sp³-hybridized carbons (Fsp3) is 0.750. The van der Waals surface area contributed by atoms with Gasteiger partial charge < -0.3 is 18.9 Å². The molecule has 0 bridgehead atoms. The molecule has 1 fully saturated rings. The quantitative estimate of drug-likeness (QED) is 0.568. The van der Waals surface area contributed by atoms with Gasteiger partial charge in [-0.05, 0) is 24.9 Å². The van der Waals surface area contributed by atoms with Crippen LogP contribution in [0.5, 0.6) is 0 Å². The Hall–Kier alpha value is -0.320. The fourth-order valence-corrected chi connectivity index (χ4v) is 2.16. The number of thiocarbonyl (C=S) groups is 1. The van der Waals surface area contributed by atoms with E-state index in [4.69, 9.17) is 37.6 Å². The number of hydrogen-bond acceptors (Lipinski definition) is 6. The molecule has 1 rings (SSSR count). The molecule has 18 heavy (non-hydrogen) atoms. The highest BCUT2D eigenvalue weighted by molar-refractivity contribution is 8.22. The van der Waals surface area contributed by atoms with Gasteiger partial charge in [0, 0.05) is 7.11 Å². The number of ether oxygens (including phenoxy) is 4. The molecule has 102 valence electrons. The van der Waals surface area contributed by atoms with Crippen LogP contribution in [0.15, 0.2) is 0 Å². The van der Waals surface area contributed by atoms with E-state index in [2.05, 4.69) is 5.92 Å². The van der Waals surface area contributed by atoms with Gasteiger partial charge in [0.15, 0.2) is 12.4 Å². The second-order valence-corrected chi connectivity index (χ2v) is 5.11. The smallest absolute Gasteiger partial charge is 0.220 e. The second-order valence-electron chi connectivity index (χ2n) is 3.70. The van der Waals surface area contributed by atoms with Gasteiger partial charge in [-0.15, -0.1) is 6.42 Å². The van der Waals surface area contributed by atoms with E-state index in [1.807, 2.05) is 13.2 Å². The van der Waals surface area contributed by atoms with E-state index < -0.39 is 6.29 Å². The fourth-order valence-electron chi connectivity index (χ4n) is 1.84. The summed E-state index contributed by atoms with van der Waals surface area (Å²) in [6.07, 6.45) is 6.64. The van der Waals surface area contributed by atoms with E-state index in [-0.39, 0.29) is 24.9 Å². The van der Waals surface area contributed by atoms with E-state index in [0.717, 1.165) is 6.42 Å². The minimum atomic E-state index is -0.483. The predicted octanol–water partition coefficient (Wildman–Crippen LogP) is 1.82. The predicted molar refractivity (Wildman–Crippen MR) is 75.5 cm³/mol. The molecule has 1 aliphatic rings. The Balaban J connectivity index is 2.76. The van der Waals surface area contributed by atoms with E-state index >= 15 is 0 Å². The first kappa shape index (κ1) is 15.7. The zero-order valence-electron chi connectivity index (χ0n) is 10.8. The molecule has 1 aliphatic heterocycles. The number of thioether (sulfide) groups is 1. The summed E-state index contributed by atoms with van der Waals surface area (Å²) in [5.74, 6) is 2.45. The monoisotopic (exact) mass is 290 g/mol. The van der Waals surface area contributed by atoms with E-state index in [1.54, 1.807) is 7.11 Å². The van der Waals surface area contributed by atoms with Gasteiger partial charge in [-0.2, -0.15) is 0 Å². The van der Waals surface area contributed by atoms with E-state index in [1.165, 1.54) is 11.8 Å². The SMILES string of the molecule is C#CCO[C@@H]1[C@@H](OC(=S)SC)[C@H](OC)O[C@@H]1CC. The summed E-state index contributed by atoms with van der Waals surface area (Å²) in [6.45, 7) is 2.23. The van der Waals surface area contributed by atoms with Crippen molar-refractivity contribution >= 4 is 28.4 Å². The molecule has 0 radical (unpaired) electrons. The van der Waals surface area contributed by atoms with Gasteiger partial charge in [0.2, 0.25) is 4.38 Å². The maximum atomic E-state index is 5.72. The van der Waals surface area contributed by atoms with Crippen LogP contribution in [0.25, 0.3) is 0 Å². The average molecular weight is 290 g/mol. The molecule has 0 aliphatic carbocycles. The average Bonchev–Trinajstić information content (AvgIpc) is 2.73. The van der Waals surface area contributed by atoms with Gasteiger partial charge in [-0.1, -0.05) is 24.6 Å². The maximum absolute atomic E-state index is 5.72. The number of terminal acetylenes is 1. The van der Waals surface area contributed by atoms with Crippen LogP contribution in [-0.2, 0) is 18.9 Å². The lowest BCUT2D eigenvalue weighted by Gasteiger charge is -2.23. The van der Waals surface area contributed by atoms with Gasteiger partial charge >= 0.3 is 0 Å². The molecule has 1 saturated heterocycles. The zero-order chi connectivity index (χ0) is 13.5. The number of methoxy groups -OCH3 is 1. The molecule has 0 aromatic heterocycles. The Morgan fingerprint density at radius 2 is 2.22 bits per heavy atom. The minimum Gasteiger partial charge on any atom is -0.467 e. The molecular formula is C12H18O4S2. The van der Waals surface area contributed by atoms with Crippen LogP contribution in [-0.4, -0.2) is 49.0 Å². The molecule has 0 spiro atoms. The highest BCUT2D eigenvalue weighted by atomic mass is 32.2. The van der Waals surface area contributed by atoms with Crippen LogP contribution < -0.4 is 0 Å². The molecule has 6 heteroatoms. The van der Waals surface area contributed by atoms with Gasteiger partial charge in [-0.3, -0.25) is 0 Å². The third kappa shape index (κ3) is 3.84. The summed E-state index contributed by atoms with van der Waals surface area (Å²) in [7, 11) is 1.57. The Kier molecular flexibility index (Phi) is 6.97. The standard InChI is InChI=1S/C12H18O4S2/c1-5-7-14-9-8(6-2)15-11(13-3)10(9)16-12(17)18-4/h1,8-11H,6-7H2,2-4H3/t8-,9+,10-,11-/m1/s1. The van der Waals surface area contributed by atoms with Crippen LogP contribution in [0.3, 0.4) is 0 Å². The van der Waals surface area contributed by atoms with Crippen LogP contribution in [0, 0.1) is 12.3 Å². The summed E-state index contributed by atoms with van der Waals surface area (Å²) in [6, 6.07) is 0. The lowest BCUT2D eigenvalue weighted by atomic mass is 10.1. The molecule has 0 aromatic rings. The molecule has 0 aromatic carbocycles. The number of rotatable bonds is 5. The van der Waals surface area contributed by atoms with Gasteiger partial charge in [-0.25, -0.2) is 0 Å². The Bertz CT molecular complexity index is 316. The van der Waals surface area contributed by atoms with Crippen molar-refractivity contribution in [3.63, 3.8) is 0 Å². The molecule has 1 heterocycles. The highest BCUT2D eigenvalue weighted by Crippen LogP contribution is 2.29. The third-order valence-electron chi connectivity index (χ3n) is 2.66. The summed E-state index contributed by atoms with van der Waals surface area (Å²) >= 11 is 6.43. The van der Waals surface area contributed by atoms with Crippen LogP contribution in [0.1, 0.15) is 13.3 Å². The van der Waals surface area contributed by atoms with E-state index in [0.29, 0.717) is 4.38 Å². The molecule has 0 unspecified atom stereocenters. The summed E-state index contributed by atoms with van der Waals surface area (Å²) < 4.78 is 22.7. The lowest BCUT2D eigenvalue weighted by Crippen LogP contribution is -2.39. The van der Waals surface area contributed by atoms with Gasteiger partial charge in [0.1, 0.15) is 12.7 Å². The van der Waals surface area contributed by atoms with Crippen molar-refractivity contribution in [2.45, 2.75) is 37.9 Å². The van der Waals surface area contributed by atoms with Crippen molar-refractivity contribution in [2.24, 2.45) is 0 Å². The first-order chi connectivity index (χ1) is 8.67. The molecule has 0 N–H and O–H groups in total.